The Hall–Kier alpha value is -3.01. The first kappa shape index (κ1) is 31.9. The predicted molar refractivity (Wildman–Crippen MR) is 175 cm³/mol. The number of hydrogen-bond donors (Lipinski definition) is 2. The summed E-state index contributed by atoms with van der Waals surface area (Å²) in [6.07, 6.45) is 0. The van der Waals surface area contributed by atoms with Crippen LogP contribution in [0.1, 0.15) is 11.1 Å². The van der Waals surface area contributed by atoms with Gasteiger partial charge < -0.3 is 10.0 Å². The Kier molecular flexibility index (Phi) is 11.0. The molecule has 0 unspecified atom stereocenters. The molecule has 2 heterocycles. The van der Waals surface area contributed by atoms with Crippen LogP contribution in [0.5, 0.6) is 0 Å². The first-order valence-electron chi connectivity index (χ1n) is 12.4. The van der Waals surface area contributed by atoms with Gasteiger partial charge in [0.15, 0.2) is 0 Å². The molecule has 0 aliphatic rings. The molecule has 0 atom stereocenters. The average Bonchev–Trinajstić information content (AvgIpc) is 2.95. The van der Waals surface area contributed by atoms with Crippen LogP contribution in [0.25, 0.3) is 33.1 Å². The Bertz CT molecular complexity index is 1840. The first-order chi connectivity index (χ1) is 20.0. The van der Waals surface area contributed by atoms with E-state index < -0.39 is 7.12 Å². The summed E-state index contributed by atoms with van der Waals surface area (Å²) in [5.74, 6) is 0. The van der Waals surface area contributed by atoms with Gasteiger partial charge in [-0.15, -0.1) is 0 Å². The van der Waals surface area contributed by atoms with E-state index in [1.165, 1.54) is 5.56 Å². The largest absolute Gasteiger partial charge is 0.488 e. The van der Waals surface area contributed by atoms with Crippen molar-refractivity contribution >= 4 is 92.4 Å². The smallest absolute Gasteiger partial charge is 0.423 e. The van der Waals surface area contributed by atoms with Gasteiger partial charge in [-0.05, 0) is 78.9 Å². The van der Waals surface area contributed by atoms with Crippen LogP contribution in [-0.2, 0) is 0 Å². The summed E-state index contributed by atoms with van der Waals surface area (Å²) in [5, 5.41) is 20.9. The van der Waals surface area contributed by atoms with E-state index in [4.69, 9.17) is 68.1 Å². The first-order valence-corrected chi connectivity index (χ1v) is 14.3. The summed E-state index contributed by atoms with van der Waals surface area (Å²) in [6.45, 7) is 4.00. The van der Waals surface area contributed by atoms with Gasteiger partial charge in [0.25, 0.3) is 0 Å². The van der Waals surface area contributed by atoms with E-state index in [-0.39, 0.29) is 10.6 Å². The molecule has 0 aliphatic carbocycles. The van der Waals surface area contributed by atoms with Gasteiger partial charge in [0.2, 0.25) is 10.6 Å². The maximum atomic E-state index is 8.67. The normalized spacial score (nSPS) is 10.5. The van der Waals surface area contributed by atoms with Gasteiger partial charge in [0, 0.05) is 26.4 Å². The number of benzene rings is 4. The van der Waals surface area contributed by atoms with Gasteiger partial charge in [-0.3, -0.25) is 0 Å². The van der Waals surface area contributed by atoms with E-state index in [2.05, 4.69) is 19.9 Å². The number of aromatic nitrogens is 4. The number of hydrogen-bond acceptors (Lipinski definition) is 6. The second kappa shape index (κ2) is 14.4. The molecular weight excluding hydrogens is 636 g/mol. The number of rotatable bonds is 2. The number of nitrogens with zero attached hydrogens (tertiary/aromatic N) is 4. The molecule has 0 bridgehead atoms. The minimum absolute atomic E-state index is 0.139. The molecule has 2 N–H and O–H groups in total. The lowest BCUT2D eigenvalue weighted by Crippen LogP contribution is -2.29. The second-order valence-electron chi connectivity index (χ2n) is 9.10. The number of aryl methyl sites for hydroxylation is 2. The highest BCUT2D eigenvalue weighted by Gasteiger charge is 2.10. The predicted octanol–water partition coefficient (Wildman–Crippen LogP) is 8.18. The van der Waals surface area contributed by atoms with Crippen molar-refractivity contribution in [2.24, 2.45) is 0 Å². The molecule has 6 aromatic rings. The molecule has 0 saturated carbocycles. The summed E-state index contributed by atoms with van der Waals surface area (Å²) in [5.41, 5.74) is 6.13. The summed E-state index contributed by atoms with van der Waals surface area (Å²) >= 11 is 29.3. The molecule has 42 heavy (non-hydrogen) atoms. The fraction of sp³-hybridized carbons (Fsp3) is 0.0667. The molecule has 6 rings (SSSR count). The molecule has 212 valence electrons. The summed E-state index contributed by atoms with van der Waals surface area (Å²) in [4.78, 5) is 16.3. The lowest BCUT2D eigenvalue weighted by Gasteiger charge is -2.07. The van der Waals surface area contributed by atoms with Gasteiger partial charge in [0.1, 0.15) is 5.15 Å². The Balaban J connectivity index is 0.000000154. The van der Waals surface area contributed by atoms with E-state index in [1.54, 1.807) is 36.4 Å². The molecule has 0 amide bonds. The topological polar surface area (TPSA) is 92.0 Å². The molecule has 0 aliphatic heterocycles. The van der Waals surface area contributed by atoms with Crippen molar-refractivity contribution in [2.45, 2.75) is 13.8 Å². The molecule has 0 saturated heterocycles. The van der Waals surface area contributed by atoms with Gasteiger partial charge in [-0.1, -0.05) is 94.5 Å². The van der Waals surface area contributed by atoms with E-state index in [9.17, 15) is 0 Å². The second-order valence-corrected chi connectivity index (χ2v) is 11.0. The molecule has 6 nitrogen and oxygen atoms in total. The van der Waals surface area contributed by atoms with Crippen LogP contribution in [0.2, 0.25) is 25.8 Å². The zero-order chi connectivity index (χ0) is 30.4. The number of halogens is 5. The monoisotopic (exact) mass is 656 g/mol. The highest BCUT2D eigenvalue weighted by molar-refractivity contribution is 6.58. The van der Waals surface area contributed by atoms with Crippen LogP contribution in [0.4, 0.5) is 0 Å². The van der Waals surface area contributed by atoms with Crippen molar-refractivity contribution < 1.29 is 10.0 Å². The zero-order valence-corrected chi connectivity index (χ0v) is 26.0. The quantitative estimate of drug-likeness (QED) is 0.111. The Labute approximate surface area is 268 Å². The van der Waals surface area contributed by atoms with Crippen molar-refractivity contribution in [3.8, 4) is 11.3 Å². The highest BCUT2D eigenvalue weighted by Crippen LogP contribution is 2.29. The molecule has 0 radical (unpaired) electrons. The Morgan fingerprint density at radius 1 is 0.548 bits per heavy atom. The Morgan fingerprint density at radius 2 is 1.02 bits per heavy atom. The van der Waals surface area contributed by atoms with Gasteiger partial charge in [-0.2, -0.15) is 0 Å². The molecular formula is C30H22BCl5N4O2. The lowest BCUT2D eigenvalue weighted by molar-refractivity contribution is 0.426. The molecule has 4 aromatic carbocycles. The van der Waals surface area contributed by atoms with Crippen molar-refractivity contribution in [3.05, 3.63) is 122 Å². The summed E-state index contributed by atoms with van der Waals surface area (Å²) < 4.78 is 0. The van der Waals surface area contributed by atoms with Crippen LogP contribution in [0, 0.1) is 13.8 Å². The Morgan fingerprint density at radius 3 is 1.57 bits per heavy atom. The fourth-order valence-electron chi connectivity index (χ4n) is 3.78. The van der Waals surface area contributed by atoms with E-state index in [1.807, 2.05) is 62.4 Å². The van der Waals surface area contributed by atoms with Crippen molar-refractivity contribution in [3.63, 3.8) is 0 Å². The zero-order valence-electron chi connectivity index (χ0n) is 22.2. The maximum Gasteiger partial charge on any atom is 0.488 e. The molecule has 0 fully saturated rings. The van der Waals surface area contributed by atoms with E-state index in [0.29, 0.717) is 31.6 Å². The summed E-state index contributed by atoms with van der Waals surface area (Å²) in [6, 6.07) is 25.9. The van der Waals surface area contributed by atoms with Crippen molar-refractivity contribution in [2.75, 3.05) is 0 Å². The average molecular weight is 659 g/mol. The third-order valence-corrected chi connectivity index (χ3v) is 7.01. The minimum atomic E-state index is -1.35. The standard InChI is InChI=1S/C15H10Cl2N2.C8H3Cl3N2.C7H9BO2/c1-9-2-4-10(5-3-9)14-12-8-11(16)6-7-13(12)18-15(17)19-14;9-4-1-2-6-5(3-4)7(10)13-8(11)12-6;1-6-2-4-7(5-3-6)8(9)10/h2-8H,1H3;1-3H;2-5,9-10H,1H3. The maximum absolute atomic E-state index is 8.67. The van der Waals surface area contributed by atoms with Crippen LogP contribution >= 0.6 is 58.0 Å². The number of fused-ring (bicyclic) bond motifs is 2. The van der Waals surface area contributed by atoms with Gasteiger partial charge in [0.05, 0.1) is 16.7 Å². The summed E-state index contributed by atoms with van der Waals surface area (Å²) in [7, 11) is -1.35. The van der Waals surface area contributed by atoms with Crippen LogP contribution in [0.3, 0.4) is 0 Å². The fourth-order valence-corrected chi connectivity index (χ4v) is 4.75. The molecule has 0 spiro atoms. The minimum Gasteiger partial charge on any atom is -0.423 e. The molecule has 2 aromatic heterocycles. The van der Waals surface area contributed by atoms with Crippen LogP contribution < -0.4 is 5.46 Å². The third kappa shape index (κ3) is 8.52. The van der Waals surface area contributed by atoms with Crippen molar-refractivity contribution in [1.82, 2.24) is 19.9 Å². The van der Waals surface area contributed by atoms with E-state index >= 15 is 0 Å². The highest BCUT2D eigenvalue weighted by atomic mass is 35.5. The van der Waals surface area contributed by atoms with Gasteiger partial charge >= 0.3 is 7.12 Å². The van der Waals surface area contributed by atoms with Crippen LogP contribution in [-0.4, -0.2) is 37.1 Å². The van der Waals surface area contributed by atoms with Crippen molar-refractivity contribution in [1.29, 1.82) is 0 Å². The van der Waals surface area contributed by atoms with E-state index in [0.717, 1.165) is 27.7 Å². The van der Waals surface area contributed by atoms with Crippen LogP contribution in [0.15, 0.2) is 84.9 Å². The molecule has 12 heteroatoms. The third-order valence-electron chi connectivity index (χ3n) is 5.91. The SMILES string of the molecule is Cc1ccc(-c2nc(Cl)nc3ccc(Cl)cc23)cc1.Cc1ccc(B(O)O)cc1.Clc1ccc2nc(Cl)nc(Cl)c2c1. The van der Waals surface area contributed by atoms with Gasteiger partial charge in [-0.25, -0.2) is 19.9 Å². The lowest BCUT2D eigenvalue weighted by atomic mass is 9.80.